The fourth-order valence-electron chi connectivity index (χ4n) is 3.93. The van der Waals surface area contributed by atoms with Crippen LogP contribution in [0.4, 0.5) is 0 Å². The van der Waals surface area contributed by atoms with E-state index in [0.717, 1.165) is 44.5 Å². The second-order valence-corrected chi connectivity index (χ2v) is 6.88. The smallest absolute Gasteiger partial charge is 0.220 e. The molecule has 0 aromatic heterocycles. The molecule has 1 aromatic carbocycles. The van der Waals surface area contributed by atoms with Crippen LogP contribution in [-0.2, 0) is 0 Å². The van der Waals surface area contributed by atoms with Gasteiger partial charge in [-0.05, 0) is 18.2 Å². The van der Waals surface area contributed by atoms with Gasteiger partial charge >= 0.3 is 0 Å². The number of carbonyl (C=O) groups excluding carboxylic acids is 1. The first-order chi connectivity index (χ1) is 10.0. The molecule has 0 radical (unpaired) electrons. The van der Waals surface area contributed by atoms with Gasteiger partial charge in [0, 0.05) is 5.02 Å². The number of ketones is 1. The highest BCUT2D eigenvalue weighted by molar-refractivity contribution is 6.31. The molecule has 4 aliphatic rings. The van der Waals surface area contributed by atoms with Crippen molar-refractivity contribution in [2.24, 2.45) is 0 Å². The van der Waals surface area contributed by atoms with E-state index in [1.807, 2.05) is 0 Å². The highest BCUT2D eigenvalue weighted by atomic mass is 35.5. The number of quaternary nitrogens is 1. The molecule has 1 aromatic rings. The molecule has 4 heterocycles. The first kappa shape index (κ1) is 13.5. The number of carbonyl (C=O) groups is 1. The minimum atomic E-state index is -0.0412. The second kappa shape index (κ2) is 4.66. The Hall–Kier alpha value is -1.18. The zero-order valence-corrected chi connectivity index (χ0v) is 12.5. The molecule has 5 rings (SSSR count). The van der Waals surface area contributed by atoms with Gasteiger partial charge in [-0.25, -0.2) is 14.7 Å². The first-order valence-electron chi connectivity index (χ1n) is 7.07. The number of benzene rings is 1. The maximum absolute atomic E-state index is 12.6. The number of hydrogen-bond donors (Lipinski definition) is 1. The number of hydrogen-bond acceptors (Lipinski definition) is 5. The van der Waals surface area contributed by atoms with E-state index in [1.54, 1.807) is 12.1 Å². The number of halogens is 1. The quantitative estimate of drug-likeness (QED) is 0.659. The lowest BCUT2D eigenvalue weighted by Gasteiger charge is -2.60. The van der Waals surface area contributed by atoms with Crippen LogP contribution in [0.2, 0.25) is 5.02 Å². The Morgan fingerprint density at radius 3 is 2.29 bits per heavy atom. The molecule has 112 valence electrons. The highest BCUT2D eigenvalue weighted by Gasteiger charge is 2.49. The lowest BCUT2D eigenvalue weighted by molar-refractivity contribution is -0.973. The van der Waals surface area contributed by atoms with Gasteiger partial charge in [-0.3, -0.25) is 9.28 Å². The van der Waals surface area contributed by atoms with Crippen molar-refractivity contribution in [2.45, 2.75) is 0 Å². The van der Waals surface area contributed by atoms with Crippen molar-refractivity contribution < 1.29 is 14.4 Å². The predicted molar refractivity (Wildman–Crippen MR) is 77.3 cm³/mol. The van der Waals surface area contributed by atoms with Gasteiger partial charge in [0.2, 0.25) is 5.78 Å². The summed E-state index contributed by atoms with van der Waals surface area (Å²) in [7, 11) is 0. The predicted octanol–water partition coefficient (Wildman–Crippen LogP) is 0.737. The summed E-state index contributed by atoms with van der Waals surface area (Å²) in [5, 5.41) is 10.4. The summed E-state index contributed by atoms with van der Waals surface area (Å²) >= 11 is 5.94. The van der Waals surface area contributed by atoms with Crippen LogP contribution in [0, 0.1) is 0 Å². The Morgan fingerprint density at radius 2 is 1.71 bits per heavy atom. The molecule has 0 aliphatic carbocycles. The van der Waals surface area contributed by atoms with E-state index in [9.17, 15) is 9.90 Å². The number of rotatable bonds is 3. The summed E-state index contributed by atoms with van der Waals surface area (Å²) in [5.41, 5.74) is 0.330. The summed E-state index contributed by atoms with van der Waals surface area (Å²) in [5.74, 6) is -0.0280. The fourth-order valence-corrected chi connectivity index (χ4v) is 4.10. The van der Waals surface area contributed by atoms with Gasteiger partial charge < -0.3 is 5.11 Å². The molecule has 0 unspecified atom stereocenters. The highest BCUT2D eigenvalue weighted by Crippen LogP contribution is 2.30. The second-order valence-electron chi connectivity index (χ2n) is 6.45. The van der Waals surface area contributed by atoms with Crippen molar-refractivity contribution in [3.8, 4) is 5.75 Å². The van der Waals surface area contributed by atoms with Crippen molar-refractivity contribution in [3.63, 3.8) is 0 Å². The van der Waals surface area contributed by atoms with E-state index in [-0.39, 0.29) is 11.5 Å². The van der Waals surface area contributed by atoms with Crippen molar-refractivity contribution in [1.82, 2.24) is 14.7 Å². The maximum Gasteiger partial charge on any atom is 0.220 e. The molecule has 4 saturated heterocycles. The van der Waals surface area contributed by atoms with Crippen LogP contribution < -0.4 is 0 Å². The fraction of sp³-hybridized carbons (Fsp3) is 0.500. The molecule has 21 heavy (non-hydrogen) atoms. The van der Waals surface area contributed by atoms with Crippen LogP contribution in [0.1, 0.15) is 10.4 Å². The van der Waals surface area contributed by atoms with E-state index in [1.165, 1.54) is 6.07 Å². The molecular formula is C14H18ClN4O2+. The third kappa shape index (κ3) is 2.33. The summed E-state index contributed by atoms with van der Waals surface area (Å²) in [4.78, 5) is 19.7. The third-order valence-electron chi connectivity index (χ3n) is 4.44. The van der Waals surface area contributed by atoms with E-state index in [2.05, 4.69) is 14.7 Å². The molecule has 7 heteroatoms. The zero-order chi connectivity index (χ0) is 14.6. The summed E-state index contributed by atoms with van der Waals surface area (Å²) in [6.45, 7) is 6.09. The Kier molecular flexibility index (Phi) is 2.99. The van der Waals surface area contributed by atoms with Crippen LogP contribution in [0.25, 0.3) is 0 Å². The Morgan fingerprint density at radius 1 is 1.14 bits per heavy atom. The van der Waals surface area contributed by atoms with Crippen molar-refractivity contribution in [3.05, 3.63) is 28.8 Å². The van der Waals surface area contributed by atoms with Crippen LogP contribution in [0.3, 0.4) is 0 Å². The van der Waals surface area contributed by atoms with Crippen molar-refractivity contribution >= 4 is 17.4 Å². The summed E-state index contributed by atoms with van der Waals surface area (Å²) in [6, 6.07) is 4.64. The summed E-state index contributed by atoms with van der Waals surface area (Å²) in [6.07, 6.45) is 0. The Balaban J connectivity index is 1.58. The van der Waals surface area contributed by atoms with E-state index in [0.29, 0.717) is 17.1 Å². The largest absolute Gasteiger partial charge is 0.507 e. The third-order valence-corrected chi connectivity index (χ3v) is 4.67. The van der Waals surface area contributed by atoms with Gasteiger partial charge in [-0.15, -0.1) is 0 Å². The minimum Gasteiger partial charge on any atom is -0.507 e. The topological polar surface area (TPSA) is 47.0 Å². The molecule has 1 N–H and O–H groups in total. The molecule has 0 atom stereocenters. The molecule has 6 nitrogen and oxygen atoms in total. The van der Waals surface area contributed by atoms with Crippen LogP contribution in [0.15, 0.2) is 18.2 Å². The molecular weight excluding hydrogens is 292 g/mol. The normalized spacial score (nSPS) is 36.9. The maximum atomic E-state index is 12.6. The van der Waals surface area contributed by atoms with Gasteiger partial charge in [0.25, 0.3) is 0 Å². The molecule has 0 amide bonds. The first-order valence-corrected chi connectivity index (χ1v) is 7.45. The number of phenolic OH excluding ortho intramolecular Hbond substituents is 1. The molecule has 4 aliphatic heterocycles. The van der Waals surface area contributed by atoms with Crippen molar-refractivity contribution in [2.75, 3.05) is 46.6 Å². The zero-order valence-electron chi connectivity index (χ0n) is 11.7. The number of nitrogens with zero attached hydrogens (tertiary/aromatic N) is 4. The number of aromatic hydroxyl groups is 1. The number of Topliss-reactive ketones (excluding diaryl/α,β-unsaturated/α-hetero) is 1. The van der Waals surface area contributed by atoms with Gasteiger partial charge in [-0.1, -0.05) is 11.6 Å². The Bertz CT molecular complexity index is 571. The van der Waals surface area contributed by atoms with E-state index >= 15 is 0 Å². The van der Waals surface area contributed by atoms with Gasteiger partial charge in [0.15, 0.2) is 0 Å². The average Bonchev–Trinajstić information content (AvgIpc) is 2.39. The average molecular weight is 310 g/mol. The van der Waals surface area contributed by atoms with Gasteiger partial charge in [0.1, 0.15) is 32.3 Å². The van der Waals surface area contributed by atoms with Crippen LogP contribution in [0.5, 0.6) is 5.75 Å². The standard InChI is InChI=1S/C14H17ClN4O2/c15-11-1-2-13(20)12(3-11)14(21)4-19-8-16-5-17(9-19)7-18(6-16)10-19/h1-3H,4-10H2/p+1. The number of phenols is 1. The van der Waals surface area contributed by atoms with Crippen LogP contribution in [-0.4, -0.2) is 76.6 Å². The van der Waals surface area contributed by atoms with Crippen LogP contribution >= 0.6 is 11.6 Å². The SMILES string of the molecule is O=C(C[N+]12CN3CN(CN(C3)C1)C2)c1cc(Cl)ccc1O. The minimum absolute atomic E-state index is 0.0132. The van der Waals surface area contributed by atoms with Gasteiger partial charge in [0.05, 0.1) is 25.6 Å². The molecule has 4 fully saturated rings. The molecule has 0 saturated carbocycles. The Labute approximate surface area is 128 Å². The van der Waals surface area contributed by atoms with E-state index in [4.69, 9.17) is 11.6 Å². The summed E-state index contributed by atoms with van der Waals surface area (Å²) < 4.78 is 0.727. The van der Waals surface area contributed by atoms with Gasteiger partial charge in [-0.2, -0.15) is 0 Å². The molecule has 0 spiro atoms. The lowest BCUT2D eigenvalue weighted by atomic mass is 10.1. The molecule has 4 bridgehead atoms. The lowest BCUT2D eigenvalue weighted by Crippen LogP contribution is -2.79. The van der Waals surface area contributed by atoms with Crippen molar-refractivity contribution in [1.29, 1.82) is 0 Å². The monoisotopic (exact) mass is 309 g/mol. The van der Waals surface area contributed by atoms with E-state index < -0.39 is 0 Å².